The highest BCUT2D eigenvalue weighted by molar-refractivity contribution is 7.07. The van der Waals surface area contributed by atoms with Crippen molar-refractivity contribution in [2.45, 2.75) is 46.0 Å². The van der Waals surface area contributed by atoms with Crippen LogP contribution in [0.3, 0.4) is 0 Å². The molecule has 0 radical (unpaired) electrons. The van der Waals surface area contributed by atoms with Gasteiger partial charge in [0.25, 0.3) is 0 Å². The molecule has 8 heteroatoms. The summed E-state index contributed by atoms with van der Waals surface area (Å²) in [4.78, 5) is 25.7. The Labute approximate surface area is 153 Å². The lowest BCUT2D eigenvalue weighted by Crippen LogP contribution is -2.34. The van der Waals surface area contributed by atoms with Gasteiger partial charge < -0.3 is 9.47 Å². The molecule has 26 heavy (non-hydrogen) atoms. The maximum absolute atomic E-state index is 12.9. The number of carbonyl (C=O) groups excluding carboxylic acids is 1. The summed E-state index contributed by atoms with van der Waals surface area (Å²) in [6, 6.07) is 4.54. The first-order chi connectivity index (χ1) is 12.1. The second kappa shape index (κ2) is 8.07. The normalized spacial score (nSPS) is 12.8. The van der Waals surface area contributed by atoms with Crippen molar-refractivity contribution in [1.29, 1.82) is 0 Å². The monoisotopic (exact) mass is 386 g/mol. The minimum absolute atomic E-state index is 0.120. The molecule has 0 saturated carbocycles. The summed E-state index contributed by atoms with van der Waals surface area (Å²) in [5, 5.41) is 1.73. The zero-order valence-electron chi connectivity index (χ0n) is 14.8. The second-order valence-electron chi connectivity index (χ2n) is 6.02. The van der Waals surface area contributed by atoms with Gasteiger partial charge in [0.05, 0.1) is 11.6 Å². The Kier molecular flexibility index (Phi) is 6.28. The maximum atomic E-state index is 12.9. The third-order valence-corrected chi connectivity index (χ3v) is 5.23. The molecule has 0 aliphatic heterocycles. The number of amides is 1. The van der Waals surface area contributed by atoms with Crippen LogP contribution in [0.5, 0.6) is 0 Å². The lowest BCUT2D eigenvalue weighted by Gasteiger charge is -2.29. The van der Waals surface area contributed by atoms with Gasteiger partial charge in [0.2, 0.25) is 5.91 Å². The van der Waals surface area contributed by atoms with Crippen molar-refractivity contribution in [3.8, 4) is 0 Å². The number of hydrogen-bond acceptors (Lipinski definition) is 3. The molecule has 4 nitrogen and oxygen atoms in total. The predicted octanol–water partition coefficient (Wildman–Crippen LogP) is 4.24. The van der Waals surface area contributed by atoms with Gasteiger partial charge in [-0.25, -0.2) is 0 Å². The summed E-state index contributed by atoms with van der Waals surface area (Å²) >= 11 is 1.08. The van der Waals surface area contributed by atoms with Crippen LogP contribution in [-0.4, -0.2) is 21.9 Å². The van der Waals surface area contributed by atoms with Gasteiger partial charge in [-0.1, -0.05) is 23.5 Å². The van der Waals surface area contributed by atoms with Gasteiger partial charge in [0, 0.05) is 30.6 Å². The number of aromatic nitrogens is 1. The Morgan fingerprint density at radius 1 is 1.35 bits per heavy atom. The van der Waals surface area contributed by atoms with E-state index in [-0.39, 0.29) is 23.7 Å². The molecule has 0 fully saturated rings. The van der Waals surface area contributed by atoms with Crippen molar-refractivity contribution in [3.63, 3.8) is 0 Å². The number of benzene rings is 1. The Bertz CT molecular complexity index is 826. The molecule has 1 unspecified atom stereocenters. The minimum Gasteiger partial charge on any atom is -0.336 e. The SMILES string of the molecule is CCN(C(=O)CCn1c(C)csc1=O)C(C)c1cccc(C(F)(F)F)c1. The first kappa shape index (κ1) is 20.2. The average molecular weight is 386 g/mol. The largest absolute Gasteiger partial charge is 0.416 e. The van der Waals surface area contributed by atoms with Crippen molar-refractivity contribution < 1.29 is 18.0 Å². The molecule has 0 aliphatic rings. The summed E-state index contributed by atoms with van der Waals surface area (Å²) in [6.45, 7) is 5.92. The van der Waals surface area contributed by atoms with E-state index in [2.05, 4.69) is 0 Å². The highest BCUT2D eigenvalue weighted by Gasteiger charge is 2.31. The van der Waals surface area contributed by atoms with E-state index in [0.29, 0.717) is 12.1 Å². The molecule has 2 rings (SSSR count). The van der Waals surface area contributed by atoms with E-state index in [1.54, 1.807) is 32.2 Å². The van der Waals surface area contributed by atoms with Crippen molar-refractivity contribution in [2.75, 3.05) is 6.54 Å². The lowest BCUT2D eigenvalue weighted by atomic mass is 10.0. The van der Waals surface area contributed by atoms with Crippen LogP contribution in [0.4, 0.5) is 13.2 Å². The third kappa shape index (κ3) is 4.55. The number of alkyl halides is 3. The number of halogens is 3. The van der Waals surface area contributed by atoms with Crippen molar-refractivity contribution in [2.24, 2.45) is 0 Å². The van der Waals surface area contributed by atoms with Crippen molar-refractivity contribution in [3.05, 3.63) is 56.1 Å². The molecule has 0 aliphatic carbocycles. The smallest absolute Gasteiger partial charge is 0.336 e. The third-order valence-electron chi connectivity index (χ3n) is 4.35. The van der Waals surface area contributed by atoms with Crippen molar-refractivity contribution >= 4 is 17.2 Å². The van der Waals surface area contributed by atoms with E-state index in [1.807, 2.05) is 0 Å². The van der Waals surface area contributed by atoms with E-state index < -0.39 is 17.8 Å². The van der Waals surface area contributed by atoms with Gasteiger partial charge >= 0.3 is 11.0 Å². The first-order valence-electron chi connectivity index (χ1n) is 8.26. The number of hydrogen-bond donors (Lipinski definition) is 0. The number of aryl methyl sites for hydroxylation is 1. The van der Waals surface area contributed by atoms with Gasteiger partial charge in [-0.05, 0) is 38.5 Å². The summed E-state index contributed by atoms with van der Waals surface area (Å²) in [6.07, 6.45) is -4.30. The van der Waals surface area contributed by atoms with Crippen LogP contribution in [0.15, 0.2) is 34.4 Å². The molecule has 2 aromatic rings. The summed E-state index contributed by atoms with van der Waals surface area (Å²) < 4.78 is 40.3. The van der Waals surface area contributed by atoms with Crippen LogP contribution < -0.4 is 4.87 Å². The van der Waals surface area contributed by atoms with Crippen LogP contribution in [0.2, 0.25) is 0 Å². The van der Waals surface area contributed by atoms with Crippen molar-refractivity contribution in [1.82, 2.24) is 9.47 Å². The fourth-order valence-electron chi connectivity index (χ4n) is 2.85. The Morgan fingerprint density at radius 3 is 2.58 bits per heavy atom. The highest BCUT2D eigenvalue weighted by Crippen LogP contribution is 2.32. The predicted molar refractivity (Wildman–Crippen MR) is 95.2 cm³/mol. The van der Waals surface area contributed by atoms with E-state index >= 15 is 0 Å². The lowest BCUT2D eigenvalue weighted by molar-refractivity contribution is -0.137. The molecule has 1 aromatic carbocycles. The summed E-state index contributed by atoms with van der Waals surface area (Å²) in [7, 11) is 0. The second-order valence-corrected chi connectivity index (χ2v) is 6.84. The van der Waals surface area contributed by atoms with E-state index in [1.165, 1.54) is 15.5 Å². The molecule has 1 heterocycles. The molecule has 1 aromatic heterocycles. The minimum atomic E-state index is -4.42. The molecule has 1 amide bonds. The Morgan fingerprint density at radius 2 is 2.04 bits per heavy atom. The van der Waals surface area contributed by atoms with Crippen LogP contribution in [0.25, 0.3) is 0 Å². The fraction of sp³-hybridized carbons (Fsp3) is 0.444. The maximum Gasteiger partial charge on any atom is 0.416 e. The fourth-order valence-corrected chi connectivity index (χ4v) is 3.61. The van der Waals surface area contributed by atoms with Crippen LogP contribution in [-0.2, 0) is 17.5 Å². The number of nitrogens with zero attached hydrogens (tertiary/aromatic N) is 2. The molecule has 0 saturated heterocycles. The highest BCUT2D eigenvalue weighted by atomic mass is 32.1. The molecule has 0 bridgehead atoms. The van der Waals surface area contributed by atoms with E-state index in [4.69, 9.17) is 0 Å². The van der Waals surface area contributed by atoms with Crippen LogP contribution in [0, 0.1) is 6.92 Å². The molecule has 142 valence electrons. The van der Waals surface area contributed by atoms with Crippen LogP contribution in [0.1, 0.15) is 43.1 Å². The topological polar surface area (TPSA) is 42.3 Å². The van der Waals surface area contributed by atoms with E-state index in [0.717, 1.165) is 29.2 Å². The van der Waals surface area contributed by atoms with Gasteiger partial charge in [-0.3, -0.25) is 9.59 Å². The number of rotatable bonds is 6. The van der Waals surface area contributed by atoms with Gasteiger partial charge in [-0.15, -0.1) is 0 Å². The molecule has 0 N–H and O–H groups in total. The summed E-state index contributed by atoms with van der Waals surface area (Å²) in [5.74, 6) is -0.199. The zero-order chi connectivity index (χ0) is 19.5. The molecular formula is C18H21F3N2O2S. The molecule has 0 spiro atoms. The average Bonchev–Trinajstić information content (AvgIpc) is 2.91. The summed E-state index contributed by atoms with van der Waals surface area (Å²) in [5.41, 5.74) is 0.492. The Balaban J connectivity index is 2.14. The number of carbonyl (C=O) groups is 1. The van der Waals surface area contributed by atoms with Gasteiger partial charge in [0.15, 0.2) is 0 Å². The van der Waals surface area contributed by atoms with Gasteiger partial charge in [0.1, 0.15) is 0 Å². The van der Waals surface area contributed by atoms with E-state index in [9.17, 15) is 22.8 Å². The molecule has 1 atom stereocenters. The quantitative estimate of drug-likeness (QED) is 0.745. The zero-order valence-corrected chi connectivity index (χ0v) is 15.7. The molecular weight excluding hydrogens is 365 g/mol. The standard InChI is InChI=1S/C18H21F3N2O2S/c1-4-22(16(24)8-9-23-12(2)11-26-17(23)25)13(3)14-6-5-7-15(10-14)18(19,20)21/h5-7,10-11,13H,4,8-9H2,1-3H3. The van der Waals surface area contributed by atoms with Gasteiger partial charge in [-0.2, -0.15) is 13.2 Å². The Hall–Kier alpha value is -2.09. The first-order valence-corrected chi connectivity index (χ1v) is 9.14. The number of thiazole rings is 1. The van der Waals surface area contributed by atoms with Crippen LogP contribution >= 0.6 is 11.3 Å².